The number of carbonyl (C=O) groups is 1. The topological polar surface area (TPSA) is 81.9 Å². The Bertz CT molecular complexity index is 981. The van der Waals surface area contributed by atoms with E-state index in [1.807, 2.05) is 45.0 Å². The van der Waals surface area contributed by atoms with Crippen LogP contribution in [0.25, 0.3) is 5.95 Å². The van der Waals surface area contributed by atoms with E-state index in [1.54, 1.807) is 23.1 Å². The average molecular weight is 363 g/mol. The molecule has 2 aromatic heterocycles. The Hall–Kier alpha value is -3.22. The molecule has 3 aromatic rings. The molecule has 1 amide bonds. The van der Waals surface area contributed by atoms with Gasteiger partial charge in [-0.2, -0.15) is 9.78 Å². The molecule has 0 unspecified atom stereocenters. The van der Waals surface area contributed by atoms with Gasteiger partial charge in [0.2, 0.25) is 5.91 Å². The first kappa shape index (κ1) is 17.2. The first-order valence-electron chi connectivity index (χ1n) is 8.97. The summed E-state index contributed by atoms with van der Waals surface area (Å²) >= 11 is 0. The molecule has 0 saturated carbocycles. The van der Waals surface area contributed by atoms with Gasteiger partial charge in [0.25, 0.3) is 5.95 Å². The van der Waals surface area contributed by atoms with Crippen LogP contribution in [0.4, 0.5) is 5.82 Å². The number of benzene rings is 1. The fourth-order valence-corrected chi connectivity index (χ4v) is 3.49. The number of ether oxygens (including phenoxy) is 1. The lowest BCUT2D eigenvalue weighted by molar-refractivity contribution is -0.116. The highest BCUT2D eigenvalue weighted by molar-refractivity contribution is 5.95. The number of anilines is 1. The summed E-state index contributed by atoms with van der Waals surface area (Å²) < 4.78 is 7.59. The van der Waals surface area contributed by atoms with Crippen molar-refractivity contribution in [2.45, 2.75) is 39.2 Å². The summed E-state index contributed by atoms with van der Waals surface area (Å²) in [5, 5.41) is 7.55. The zero-order valence-electron chi connectivity index (χ0n) is 15.5. The molecule has 1 atom stereocenters. The van der Waals surface area contributed by atoms with Crippen LogP contribution in [0.5, 0.6) is 5.75 Å². The van der Waals surface area contributed by atoms with Gasteiger partial charge in [0, 0.05) is 35.9 Å². The van der Waals surface area contributed by atoms with Gasteiger partial charge in [0.15, 0.2) is 0 Å². The maximum absolute atomic E-state index is 12.5. The van der Waals surface area contributed by atoms with Crippen LogP contribution in [-0.2, 0) is 4.79 Å². The molecule has 1 aliphatic rings. The highest BCUT2D eigenvalue weighted by Crippen LogP contribution is 2.42. The molecule has 1 aromatic carbocycles. The van der Waals surface area contributed by atoms with E-state index in [9.17, 15) is 4.79 Å². The molecule has 3 heterocycles. The molecule has 0 saturated heterocycles. The number of carbonyl (C=O) groups excluding carboxylic acids is 1. The number of amides is 1. The Morgan fingerprint density at radius 1 is 1.19 bits per heavy atom. The molecule has 138 valence electrons. The maximum Gasteiger partial charge on any atom is 0.252 e. The minimum atomic E-state index is -0.138. The second kappa shape index (κ2) is 6.83. The number of para-hydroxylation sites is 1. The first-order valence-corrected chi connectivity index (χ1v) is 8.97. The zero-order valence-corrected chi connectivity index (χ0v) is 15.5. The van der Waals surface area contributed by atoms with E-state index in [2.05, 4.69) is 20.4 Å². The molecular formula is C20H21N5O2. The van der Waals surface area contributed by atoms with Gasteiger partial charge >= 0.3 is 0 Å². The number of aromatic nitrogens is 4. The molecule has 7 nitrogen and oxygen atoms in total. The van der Waals surface area contributed by atoms with Crippen LogP contribution in [0, 0.1) is 6.92 Å². The van der Waals surface area contributed by atoms with Gasteiger partial charge in [-0.25, -0.2) is 9.97 Å². The number of fused-ring (bicyclic) bond motifs is 1. The van der Waals surface area contributed by atoms with Crippen LogP contribution in [0.15, 0.2) is 42.7 Å². The maximum atomic E-state index is 12.5. The number of hydrogen-bond donors (Lipinski definition) is 1. The van der Waals surface area contributed by atoms with Gasteiger partial charge in [0.05, 0.1) is 11.8 Å². The van der Waals surface area contributed by atoms with Crippen LogP contribution in [0.3, 0.4) is 0 Å². The molecule has 1 aliphatic heterocycles. The Kier molecular flexibility index (Phi) is 4.35. The lowest BCUT2D eigenvalue weighted by Crippen LogP contribution is -2.25. The Morgan fingerprint density at radius 2 is 1.93 bits per heavy atom. The third-order valence-electron chi connectivity index (χ3n) is 4.50. The molecule has 27 heavy (non-hydrogen) atoms. The van der Waals surface area contributed by atoms with Crippen LogP contribution in [-0.4, -0.2) is 31.8 Å². The van der Waals surface area contributed by atoms with Crippen molar-refractivity contribution in [3.8, 4) is 11.7 Å². The van der Waals surface area contributed by atoms with Crippen LogP contribution in [0.2, 0.25) is 0 Å². The Balaban J connectivity index is 1.86. The number of rotatable bonds is 4. The van der Waals surface area contributed by atoms with Crippen LogP contribution < -0.4 is 10.1 Å². The highest BCUT2D eigenvalue weighted by Gasteiger charge is 2.34. The molecule has 0 fully saturated rings. The normalized spacial score (nSPS) is 16.1. The monoisotopic (exact) mass is 363 g/mol. The van der Waals surface area contributed by atoms with Crippen molar-refractivity contribution in [3.63, 3.8) is 0 Å². The lowest BCUT2D eigenvalue weighted by atomic mass is 9.85. The van der Waals surface area contributed by atoms with E-state index < -0.39 is 0 Å². The SMILES string of the molecule is Cc1nn(-c2ncccn2)c2c1[C@@H](c1ccccc1OC(C)C)CC(=O)N2. The smallest absolute Gasteiger partial charge is 0.252 e. The minimum absolute atomic E-state index is 0.0459. The van der Waals surface area contributed by atoms with E-state index in [0.717, 1.165) is 22.6 Å². The predicted molar refractivity (Wildman–Crippen MR) is 101 cm³/mol. The minimum Gasteiger partial charge on any atom is -0.491 e. The van der Waals surface area contributed by atoms with Crippen molar-refractivity contribution in [3.05, 3.63) is 59.5 Å². The summed E-state index contributed by atoms with van der Waals surface area (Å²) in [5.74, 6) is 1.64. The molecule has 0 bridgehead atoms. The van der Waals surface area contributed by atoms with Gasteiger partial charge < -0.3 is 10.1 Å². The van der Waals surface area contributed by atoms with Crippen molar-refractivity contribution < 1.29 is 9.53 Å². The third-order valence-corrected chi connectivity index (χ3v) is 4.50. The van der Waals surface area contributed by atoms with Gasteiger partial charge in [-0.1, -0.05) is 18.2 Å². The van der Waals surface area contributed by atoms with Crippen molar-refractivity contribution >= 4 is 11.7 Å². The number of nitrogens with zero attached hydrogens (tertiary/aromatic N) is 4. The van der Waals surface area contributed by atoms with E-state index in [-0.39, 0.29) is 17.9 Å². The first-order chi connectivity index (χ1) is 13.0. The summed E-state index contributed by atoms with van der Waals surface area (Å²) in [5.41, 5.74) is 2.79. The number of hydrogen-bond acceptors (Lipinski definition) is 5. The zero-order chi connectivity index (χ0) is 19.0. The van der Waals surface area contributed by atoms with Crippen molar-refractivity contribution in [1.82, 2.24) is 19.7 Å². The largest absolute Gasteiger partial charge is 0.491 e. The third kappa shape index (κ3) is 3.16. The van der Waals surface area contributed by atoms with Crippen LogP contribution in [0.1, 0.15) is 43.0 Å². The van der Waals surface area contributed by atoms with Crippen molar-refractivity contribution in [2.24, 2.45) is 0 Å². The fourth-order valence-electron chi connectivity index (χ4n) is 3.49. The molecular weight excluding hydrogens is 342 g/mol. The Morgan fingerprint density at radius 3 is 2.67 bits per heavy atom. The number of nitrogens with one attached hydrogen (secondary N) is 1. The molecule has 0 aliphatic carbocycles. The molecule has 0 radical (unpaired) electrons. The summed E-state index contributed by atoms with van der Waals surface area (Å²) in [6, 6.07) is 9.61. The summed E-state index contributed by atoms with van der Waals surface area (Å²) in [6.07, 6.45) is 3.69. The van der Waals surface area contributed by atoms with Gasteiger partial charge in [-0.3, -0.25) is 4.79 Å². The summed E-state index contributed by atoms with van der Waals surface area (Å²) in [4.78, 5) is 21.0. The second-order valence-corrected chi connectivity index (χ2v) is 6.82. The average Bonchev–Trinajstić information content (AvgIpc) is 2.98. The Labute approximate surface area is 157 Å². The van der Waals surface area contributed by atoms with E-state index in [1.165, 1.54) is 0 Å². The van der Waals surface area contributed by atoms with Crippen molar-refractivity contribution in [1.29, 1.82) is 0 Å². The molecule has 7 heteroatoms. The van der Waals surface area contributed by atoms with Crippen LogP contribution >= 0.6 is 0 Å². The van der Waals surface area contributed by atoms with E-state index >= 15 is 0 Å². The van der Waals surface area contributed by atoms with E-state index in [4.69, 9.17) is 4.74 Å². The number of aryl methyl sites for hydroxylation is 1. The van der Waals surface area contributed by atoms with E-state index in [0.29, 0.717) is 18.2 Å². The molecule has 0 spiro atoms. The molecule has 4 rings (SSSR count). The second-order valence-electron chi connectivity index (χ2n) is 6.82. The summed E-state index contributed by atoms with van der Waals surface area (Å²) in [6.45, 7) is 5.92. The van der Waals surface area contributed by atoms with Gasteiger partial charge in [-0.15, -0.1) is 0 Å². The quantitative estimate of drug-likeness (QED) is 0.769. The van der Waals surface area contributed by atoms with Crippen molar-refractivity contribution in [2.75, 3.05) is 5.32 Å². The van der Waals surface area contributed by atoms with Gasteiger partial charge in [0.1, 0.15) is 11.6 Å². The standard InChI is InChI=1S/C20H21N5O2/c1-12(2)27-16-8-5-4-7-14(16)15-11-17(26)23-19-18(15)13(3)24-25(19)20-21-9-6-10-22-20/h4-10,12,15H,11H2,1-3H3,(H,23,26)/t15-/m1/s1. The predicted octanol–water partition coefficient (Wildman–Crippen LogP) is 3.23. The van der Waals surface area contributed by atoms with Gasteiger partial charge in [-0.05, 0) is 32.9 Å². The highest BCUT2D eigenvalue weighted by atomic mass is 16.5. The lowest BCUT2D eigenvalue weighted by Gasteiger charge is -2.26. The fraction of sp³-hybridized carbons (Fsp3) is 0.300. The summed E-state index contributed by atoms with van der Waals surface area (Å²) in [7, 11) is 0. The molecule has 1 N–H and O–H groups in total.